The van der Waals surface area contributed by atoms with Gasteiger partial charge >= 0.3 is 0 Å². The van der Waals surface area contributed by atoms with E-state index in [1.165, 1.54) is 6.07 Å². The number of nitrogens with zero attached hydrogens (tertiary/aromatic N) is 2. The van der Waals surface area contributed by atoms with Gasteiger partial charge in [-0.25, -0.2) is 4.39 Å². The molecule has 1 aromatic heterocycles. The number of benzene rings is 1. The molecule has 1 saturated heterocycles. The largest absolute Gasteiger partial charge is 0.338 e. The van der Waals surface area contributed by atoms with E-state index in [0.717, 1.165) is 13.0 Å². The lowest BCUT2D eigenvalue weighted by molar-refractivity contribution is 0.317. The number of hydrogen-bond acceptors (Lipinski definition) is 4. The van der Waals surface area contributed by atoms with Gasteiger partial charge in [0, 0.05) is 6.42 Å². The quantitative estimate of drug-likeness (QED) is 0.945. The normalized spacial score (nSPS) is 22.4. The molecule has 0 aliphatic carbocycles. The van der Waals surface area contributed by atoms with Gasteiger partial charge in [-0.05, 0) is 30.5 Å². The Morgan fingerprint density at radius 3 is 3.10 bits per heavy atom. The van der Waals surface area contributed by atoms with Crippen molar-refractivity contribution in [1.82, 2.24) is 15.5 Å². The van der Waals surface area contributed by atoms with Crippen LogP contribution in [0.25, 0.3) is 0 Å². The van der Waals surface area contributed by atoms with Crippen LogP contribution in [0.2, 0.25) is 5.02 Å². The molecule has 2 unspecified atom stereocenters. The number of halogens is 2. The first-order chi connectivity index (χ1) is 9.65. The minimum absolute atomic E-state index is 0.0976. The molecule has 1 aliphatic heterocycles. The van der Waals surface area contributed by atoms with E-state index >= 15 is 0 Å². The predicted octanol–water partition coefficient (Wildman–Crippen LogP) is 3.12. The summed E-state index contributed by atoms with van der Waals surface area (Å²) >= 11 is 5.76. The Morgan fingerprint density at radius 1 is 1.50 bits per heavy atom. The van der Waals surface area contributed by atoms with Gasteiger partial charge < -0.3 is 9.84 Å². The SMILES string of the molecule is CC1CCNC1c1nc(Cc2cccc(Cl)c2F)no1. The highest BCUT2D eigenvalue weighted by Crippen LogP contribution is 2.28. The fourth-order valence-electron chi connectivity index (χ4n) is 2.49. The second kappa shape index (κ2) is 5.50. The van der Waals surface area contributed by atoms with Crippen molar-refractivity contribution in [3.8, 4) is 0 Å². The van der Waals surface area contributed by atoms with Crippen LogP contribution in [0.3, 0.4) is 0 Å². The molecule has 1 aliphatic rings. The summed E-state index contributed by atoms with van der Waals surface area (Å²) in [5.41, 5.74) is 0.470. The maximum Gasteiger partial charge on any atom is 0.244 e. The zero-order chi connectivity index (χ0) is 14.1. The van der Waals surface area contributed by atoms with Gasteiger partial charge in [0.1, 0.15) is 5.82 Å². The number of aromatic nitrogens is 2. The molecule has 4 nitrogen and oxygen atoms in total. The standard InChI is InChI=1S/C14H15ClFN3O/c1-8-5-6-17-13(8)14-18-11(19-20-14)7-9-3-2-4-10(15)12(9)16/h2-4,8,13,17H,5-7H2,1H3. The van der Waals surface area contributed by atoms with Gasteiger partial charge in [-0.2, -0.15) is 4.98 Å². The summed E-state index contributed by atoms with van der Waals surface area (Å²) in [6.45, 7) is 3.09. The summed E-state index contributed by atoms with van der Waals surface area (Å²) < 4.78 is 19.1. The summed E-state index contributed by atoms with van der Waals surface area (Å²) in [5, 5.41) is 7.36. The lowest BCUT2D eigenvalue weighted by Gasteiger charge is -2.09. The third-order valence-corrected chi connectivity index (χ3v) is 3.95. The summed E-state index contributed by atoms with van der Waals surface area (Å²) in [7, 11) is 0. The van der Waals surface area contributed by atoms with Crippen LogP contribution in [0, 0.1) is 11.7 Å². The first kappa shape index (κ1) is 13.5. The first-order valence-corrected chi connectivity index (χ1v) is 7.01. The van der Waals surface area contributed by atoms with Crippen molar-refractivity contribution >= 4 is 11.6 Å². The maximum absolute atomic E-state index is 13.8. The third kappa shape index (κ3) is 2.55. The van der Waals surface area contributed by atoms with Crippen molar-refractivity contribution in [1.29, 1.82) is 0 Å². The number of hydrogen-bond donors (Lipinski definition) is 1. The fourth-order valence-corrected chi connectivity index (χ4v) is 2.68. The van der Waals surface area contributed by atoms with Crippen molar-refractivity contribution in [3.05, 3.63) is 46.3 Å². The zero-order valence-electron chi connectivity index (χ0n) is 11.1. The van der Waals surface area contributed by atoms with Crippen molar-refractivity contribution in [2.24, 2.45) is 5.92 Å². The minimum atomic E-state index is -0.423. The highest BCUT2D eigenvalue weighted by molar-refractivity contribution is 6.30. The molecule has 0 saturated carbocycles. The van der Waals surface area contributed by atoms with Crippen LogP contribution in [0.15, 0.2) is 22.7 Å². The van der Waals surface area contributed by atoms with Crippen LogP contribution in [0.5, 0.6) is 0 Å². The van der Waals surface area contributed by atoms with E-state index in [1.807, 2.05) is 0 Å². The maximum atomic E-state index is 13.8. The van der Waals surface area contributed by atoms with E-state index < -0.39 is 5.82 Å². The second-order valence-corrected chi connectivity index (χ2v) is 5.54. The molecule has 6 heteroatoms. The Bertz CT molecular complexity index is 616. The molecule has 20 heavy (non-hydrogen) atoms. The van der Waals surface area contributed by atoms with Crippen LogP contribution >= 0.6 is 11.6 Å². The average molecular weight is 296 g/mol. The van der Waals surface area contributed by atoms with Crippen molar-refractivity contribution in [2.75, 3.05) is 6.54 Å². The number of rotatable bonds is 3. The Labute approximate surface area is 121 Å². The lowest BCUT2D eigenvalue weighted by Crippen LogP contribution is -2.16. The molecular weight excluding hydrogens is 281 g/mol. The molecule has 0 bridgehead atoms. The molecule has 2 atom stereocenters. The molecule has 2 aromatic rings. The highest BCUT2D eigenvalue weighted by Gasteiger charge is 2.29. The lowest BCUT2D eigenvalue weighted by atomic mass is 10.0. The third-order valence-electron chi connectivity index (χ3n) is 3.66. The molecule has 3 rings (SSSR count). The monoisotopic (exact) mass is 295 g/mol. The van der Waals surface area contributed by atoms with Gasteiger partial charge in [0.25, 0.3) is 0 Å². The average Bonchev–Trinajstić information content (AvgIpc) is 3.04. The summed E-state index contributed by atoms with van der Waals surface area (Å²) in [4.78, 5) is 4.36. The van der Waals surface area contributed by atoms with Crippen LogP contribution in [-0.2, 0) is 6.42 Å². The van der Waals surface area contributed by atoms with Crippen LogP contribution in [0.1, 0.15) is 36.7 Å². The molecular formula is C14H15ClFN3O. The van der Waals surface area contributed by atoms with E-state index in [0.29, 0.717) is 23.2 Å². The van der Waals surface area contributed by atoms with Gasteiger partial charge in [-0.3, -0.25) is 0 Å². The molecule has 1 aromatic carbocycles. The van der Waals surface area contributed by atoms with E-state index in [2.05, 4.69) is 22.4 Å². The van der Waals surface area contributed by atoms with Crippen molar-refractivity contribution < 1.29 is 8.91 Å². The van der Waals surface area contributed by atoms with E-state index in [4.69, 9.17) is 16.1 Å². The van der Waals surface area contributed by atoms with E-state index in [-0.39, 0.29) is 17.5 Å². The van der Waals surface area contributed by atoms with E-state index in [1.54, 1.807) is 12.1 Å². The highest BCUT2D eigenvalue weighted by atomic mass is 35.5. The van der Waals surface area contributed by atoms with Gasteiger partial charge in [0.2, 0.25) is 5.89 Å². The van der Waals surface area contributed by atoms with Gasteiger partial charge in [0.15, 0.2) is 5.82 Å². The molecule has 0 spiro atoms. The van der Waals surface area contributed by atoms with Gasteiger partial charge in [-0.15, -0.1) is 0 Å². The van der Waals surface area contributed by atoms with Gasteiger partial charge in [-0.1, -0.05) is 35.8 Å². The second-order valence-electron chi connectivity index (χ2n) is 5.14. The Hall–Kier alpha value is -1.46. The fraction of sp³-hybridized carbons (Fsp3) is 0.429. The Morgan fingerprint density at radius 2 is 2.35 bits per heavy atom. The van der Waals surface area contributed by atoms with Crippen molar-refractivity contribution in [3.63, 3.8) is 0 Å². The van der Waals surface area contributed by atoms with Gasteiger partial charge in [0.05, 0.1) is 11.1 Å². The topological polar surface area (TPSA) is 51.0 Å². The molecule has 0 radical (unpaired) electrons. The summed E-state index contributed by atoms with van der Waals surface area (Å²) in [6.07, 6.45) is 1.36. The number of nitrogens with one attached hydrogen (secondary N) is 1. The minimum Gasteiger partial charge on any atom is -0.338 e. The smallest absolute Gasteiger partial charge is 0.244 e. The first-order valence-electron chi connectivity index (χ1n) is 6.64. The predicted molar refractivity (Wildman–Crippen MR) is 73.0 cm³/mol. The Balaban J connectivity index is 1.79. The van der Waals surface area contributed by atoms with Crippen LogP contribution in [-0.4, -0.2) is 16.7 Å². The summed E-state index contributed by atoms with van der Waals surface area (Å²) in [5.74, 6) is 1.09. The molecule has 106 valence electrons. The van der Waals surface area contributed by atoms with E-state index in [9.17, 15) is 4.39 Å². The molecule has 0 amide bonds. The molecule has 1 N–H and O–H groups in total. The van der Waals surface area contributed by atoms with Crippen LogP contribution < -0.4 is 5.32 Å². The molecule has 1 fully saturated rings. The summed E-state index contributed by atoms with van der Waals surface area (Å²) in [6, 6.07) is 5.00. The van der Waals surface area contributed by atoms with Crippen LogP contribution in [0.4, 0.5) is 4.39 Å². The zero-order valence-corrected chi connectivity index (χ0v) is 11.8. The molecule has 2 heterocycles. The van der Waals surface area contributed by atoms with Crippen molar-refractivity contribution in [2.45, 2.75) is 25.8 Å². The Kier molecular flexibility index (Phi) is 3.72.